The molecule has 0 bridgehead atoms. The largest absolute Gasteiger partial charge is 0.356 e. The number of thioether (sulfide) groups is 1. The van der Waals surface area contributed by atoms with E-state index < -0.39 is 0 Å². The summed E-state index contributed by atoms with van der Waals surface area (Å²) in [6, 6.07) is 0. The lowest BCUT2D eigenvalue weighted by atomic mass is 10.2. The van der Waals surface area contributed by atoms with Gasteiger partial charge in [-0.25, -0.2) is 4.98 Å². The molecule has 1 heterocycles. The van der Waals surface area contributed by atoms with Crippen molar-refractivity contribution < 1.29 is 0 Å². The van der Waals surface area contributed by atoms with Crippen LogP contribution in [0.3, 0.4) is 0 Å². The van der Waals surface area contributed by atoms with E-state index in [2.05, 4.69) is 46.1 Å². The molecular formula is C14H26N4S2. The minimum absolute atomic E-state index is 0.218. The molecule has 0 saturated heterocycles. The summed E-state index contributed by atoms with van der Waals surface area (Å²) in [5.74, 6) is 0.877. The average molecular weight is 315 g/mol. The minimum Gasteiger partial charge on any atom is -0.356 e. The zero-order valence-electron chi connectivity index (χ0n) is 13.1. The molecule has 20 heavy (non-hydrogen) atoms. The van der Waals surface area contributed by atoms with Crippen molar-refractivity contribution in [3.05, 3.63) is 16.1 Å². The van der Waals surface area contributed by atoms with E-state index in [-0.39, 0.29) is 4.75 Å². The zero-order chi connectivity index (χ0) is 15.0. The standard InChI is InChI=1S/C14H26N4S2/c1-11-9-20-12(18-11)7-6-8-16-13(15-4)17-10-14(2,3)19-5/h9H,6-8,10H2,1-5H3,(H2,15,16,17). The van der Waals surface area contributed by atoms with E-state index in [9.17, 15) is 0 Å². The molecule has 0 unspecified atom stereocenters. The highest BCUT2D eigenvalue weighted by Gasteiger charge is 2.15. The lowest BCUT2D eigenvalue weighted by Crippen LogP contribution is -2.43. The molecule has 4 nitrogen and oxygen atoms in total. The lowest BCUT2D eigenvalue weighted by Gasteiger charge is -2.23. The number of aryl methyl sites for hydroxylation is 2. The highest BCUT2D eigenvalue weighted by atomic mass is 32.2. The molecule has 0 radical (unpaired) electrons. The van der Waals surface area contributed by atoms with Gasteiger partial charge in [-0.1, -0.05) is 0 Å². The molecule has 6 heteroatoms. The van der Waals surface area contributed by atoms with Gasteiger partial charge in [0.05, 0.1) is 5.01 Å². The van der Waals surface area contributed by atoms with Crippen LogP contribution in [0.5, 0.6) is 0 Å². The Labute approximate surface area is 130 Å². The molecular weight excluding hydrogens is 288 g/mol. The van der Waals surface area contributed by atoms with Crippen molar-refractivity contribution in [1.82, 2.24) is 15.6 Å². The fraction of sp³-hybridized carbons (Fsp3) is 0.714. The van der Waals surface area contributed by atoms with E-state index in [4.69, 9.17) is 0 Å². The van der Waals surface area contributed by atoms with Crippen LogP contribution in [-0.2, 0) is 6.42 Å². The Hall–Kier alpha value is -0.750. The van der Waals surface area contributed by atoms with Crippen LogP contribution in [0.25, 0.3) is 0 Å². The number of aliphatic imine (C=N–C) groups is 1. The van der Waals surface area contributed by atoms with E-state index >= 15 is 0 Å². The molecule has 114 valence electrons. The summed E-state index contributed by atoms with van der Waals surface area (Å²) in [5, 5.41) is 10.0. The molecule has 1 rings (SSSR count). The van der Waals surface area contributed by atoms with Gasteiger partial charge in [0.25, 0.3) is 0 Å². The minimum atomic E-state index is 0.218. The molecule has 0 aliphatic rings. The van der Waals surface area contributed by atoms with Crippen molar-refractivity contribution in [2.75, 3.05) is 26.4 Å². The van der Waals surface area contributed by atoms with Gasteiger partial charge in [0, 0.05) is 42.4 Å². The first kappa shape index (κ1) is 17.3. The maximum atomic E-state index is 4.47. The molecule has 1 aromatic rings. The number of hydrogen-bond donors (Lipinski definition) is 2. The molecule has 0 aliphatic heterocycles. The van der Waals surface area contributed by atoms with Crippen molar-refractivity contribution in [2.45, 2.75) is 38.4 Å². The molecule has 0 fully saturated rings. The summed E-state index contributed by atoms with van der Waals surface area (Å²) < 4.78 is 0.218. The Morgan fingerprint density at radius 3 is 2.75 bits per heavy atom. The van der Waals surface area contributed by atoms with E-state index in [1.54, 1.807) is 11.3 Å². The molecule has 2 N–H and O–H groups in total. The van der Waals surface area contributed by atoms with Crippen molar-refractivity contribution >= 4 is 29.1 Å². The van der Waals surface area contributed by atoms with Crippen molar-refractivity contribution in [3.63, 3.8) is 0 Å². The maximum absolute atomic E-state index is 4.47. The van der Waals surface area contributed by atoms with Gasteiger partial charge in [-0.2, -0.15) is 11.8 Å². The summed E-state index contributed by atoms with van der Waals surface area (Å²) in [4.78, 5) is 8.72. The van der Waals surface area contributed by atoms with Crippen molar-refractivity contribution in [1.29, 1.82) is 0 Å². The van der Waals surface area contributed by atoms with Crippen molar-refractivity contribution in [3.8, 4) is 0 Å². The summed E-state index contributed by atoms with van der Waals surface area (Å²) in [7, 11) is 1.81. The molecule has 0 aromatic carbocycles. The third kappa shape index (κ3) is 6.61. The first-order valence-electron chi connectivity index (χ1n) is 6.87. The van der Waals surface area contributed by atoms with E-state index in [1.165, 1.54) is 5.01 Å². The number of hydrogen-bond acceptors (Lipinski definition) is 4. The van der Waals surface area contributed by atoms with E-state index in [1.807, 2.05) is 25.7 Å². The molecule has 0 atom stereocenters. The quantitative estimate of drug-likeness (QED) is 0.461. The number of aromatic nitrogens is 1. The van der Waals surface area contributed by atoms with Crippen LogP contribution in [0.2, 0.25) is 0 Å². The summed E-state index contributed by atoms with van der Waals surface area (Å²) >= 11 is 3.60. The Kier molecular flexibility index (Phi) is 7.37. The second-order valence-electron chi connectivity index (χ2n) is 5.30. The van der Waals surface area contributed by atoms with Crippen LogP contribution in [-0.4, -0.2) is 42.1 Å². The highest BCUT2D eigenvalue weighted by Crippen LogP contribution is 2.19. The first-order chi connectivity index (χ1) is 9.46. The van der Waals surface area contributed by atoms with Crippen LogP contribution >= 0.6 is 23.1 Å². The Morgan fingerprint density at radius 2 is 2.20 bits per heavy atom. The van der Waals surface area contributed by atoms with Gasteiger partial charge in [0.1, 0.15) is 0 Å². The topological polar surface area (TPSA) is 49.3 Å². The SMILES string of the molecule is CN=C(NCCCc1nc(C)cs1)NCC(C)(C)SC. The molecule has 0 amide bonds. The smallest absolute Gasteiger partial charge is 0.191 e. The maximum Gasteiger partial charge on any atom is 0.191 e. The van der Waals surface area contributed by atoms with Gasteiger partial charge in [-0.05, 0) is 33.4 Å². The highest BCUT2D eigenvalue weighted by molar-refractivity contribution is 7.99. The average Bonchev–Trinajstić information content (AvgIpc) is 2.83. The zero-order valence-corrected chi connectivity index (χ0v) is 14.7. The van der Waals surface area contributed by atoms with Gasteiger partial charge in [-0.15, -0.1) is 11.3 Å². The van der Waals surface area contributed by atoms with Gasteiger partial charge < -0.3 is 10.6 Å². The molecule has 1 aromatic heterocycles. The van der Waals surface area contributed by atoms with E-state index in [0.717, 1.165) is 37.6 Å². The summed E-state index contributed by atoms with van der Waals surface area (Å²) in [6.45, 7) is 8.31. The predicted molar refractivity (Wildman–Crippen MR) is 92.1 cm³/mol. The normalized spacial score (nSPS) is 12.6. The van der Waals surface area contributed by atoms with Gasteiger partial charge in [-0.3, -0.25) is 4.99 Å². The van der Waals surface area contributed by atoms with Crippen LogP contribution in [0.15, 0.2) is 10.4 Å². The monoisotopic (exact) mass is 314 g/mol. The number of nitrogens with one attached hydrogen (secondary N) is 2. The number of guanidine groups is 1. The van der Waals surface area contributed by atoms with Crippen LogP contribution in [0, 0.1) is 6.92 Å². The van der Waals surface area contributed by atoms with Crippen LogP contribution in [0.1, 0.15) is 31.0 Å². The summed E-state index contributed by atoms with van der Waals surface area (Å²) in [6.07, 6.45) is 4.23. The third-order valence-corrected chi connectivity index (χ3v) is 5.26. The number of rotatable bonds is 7. The molecule has 0 aliphatic carbocycles. The predicted octanol–water partition coefficient (Wildman–Crippen LogP) is 2.69. The van der Waals surface area contributed by atoms with Gasteiger partial charge in [0.2, 0.25) is 0 Å². The fourth-order valence-corrected chi connectivity index (χ4v) is 2.59. The molecule has 0 saturated carbocycles. The fourth-order valence-electron chi connectivity index (χ4n) is 1.55. The second kappa shape index (κ2) is 8.52. The third-order valence-electron chi connectivity index (χ3n) is 2.98. The first-order valence-corrected chi connectivity index (χ1v) is 8.98. The Balaban J connectivity index is 2.22. The van der Waals surface area contributed by atoms with Crippen molar-refractivity contribution in [2.24, 2.45) is 4.99 Å². The molecule has 0 spiro atoms. The van der Waals surface area contributed by atoms with Gasteiger partial charge in [0.15, 0.2) is 5.96 Å². The summed E-state index contributed by atoms with van der Waals surface area (Å²) in [5.41, 5.74) is 1.12. The van der Waals surface area contributed by atoms with Gasteiger partial charge >= 0.3 is 0 Å². The Morgan fingerprint density at radius 1 is 1.45 bits per heavy atom. The Bertz CT molecular complexity index is 427. The lowest BCUT2D eigenvalue weighted by molar-refractivity contribution is 0.659. The van der Waals surface area contributed by atoms with Crippen LogP contribution < -0.4 is 10.6 Å². The van der Waals surface area contributed by atoms with E-state index in [0.29, 0.717) is 0 Å². The van der Waals surface area contributed by atoms with Crippen LogP contribution in [0.4, 0.5) is 0 Å². The second-order valence-corrected chi connectivity index (χ2v) is 7.76. The number of nitrogens with zero attached hydrogens (tertiary/aromatic N) is 2. The number of thiazole rings is 1.